The van der Waals surface area contributed by atoms with E-state index in [0.29, 0.717) is 5.46 Å². The van der Waals surface area contributed by atoms with E-state index in [9.17, 15) is 10.0 Å². The Morgan fingerprint density at radius 3 is 1.72 bits per heavy atom. The summed E-state index contributed by atoms with van der Waals surface area (Å²) in [5.74, 6) is 0. The Morgan fingerprint density at radius 2 is 1.20 bits per heavy atom. The molecule has 0 spiro atoms. The minimum absolute atomic E-state index is 0.480. The Morgan fingerprint density at radius 1 is 0.680 bits per heavy atom. The van der Waals surface area contributed by atoms with Crippen LogP contribution in [0.3, 0.4) is 0 Å². The van der Waals surface area contributed by atoms with E-state index in [0.717, 1.165) is 17.1 Å². The number of aryl methyl sites for hydroxylation is 3. The quantitative estimate of drug-likeness (QED) is 0.716. The van der Waals surface area contributed by atoms with Gasteiger partial charge < -0.3 is 14.9 Å². The maximum atomic E-state index is 9.33. The molecule has 3 aromatic rings. The van der Waals surface area contributed by atoms with E-state index in [1.54, 1.807) is 12.1 Å². The molecule has 0 saturated carbocycles. The minimum atomic E-state index is -1.46. The van der Waals surface area contributed by atoms with Gasteiger partial charge in [-0.15, -0.1) is 0 Å². The van der Waals surface area contributed by atoms with E-state index in [-0.39, 0.29) is 0 Å². The average Bonchev–Trinajstić information content (AvgIpc) is 2.59. The number of hydrogen-bond acceptors (Lipinski definition) is 3. The van der Waals surface area contributed by atoms with Crippen LogP contribution in [0.4, 0.5) is 17.1 Å². The second-order valence-corrected chi connectivity index (χ2v) is 6.43. The molecule has 0 amide bonds. The van der Waals surface area contributed by atoms with Crippen molar-refractivity contribution in [2.45, 2.75) is 20.8 Å². The van der Waals surface area contributed by atoms with Crippen LogP contribution in [0.1, 0.15) is 16.7 Å². The Hall–Kier alpha value is -2.56. The molecule has 0 aliphatic heterocycles. The zero-order valence-electron chi connectivity index (χ0n) is 14.8. The average molecular weight is 331 g/mol. The van der Waals surface area contributed by atoms with E-state index in [1.165, 1.54) is 16.7 Å². The van der Waals surface area contributed by atoms with Gasteiger partial charge in [0.1, 0.15) is 0 Å². The van der Waals surface area contributed by atoms with E-state index in [4.69, 9.17) is 0 Å². The van der Waals surface area contributed by atoms with Gasteiger partial charge in [0, 0.05) is 17.1 Å². The molecule has 0 atom stereocenters. The number of rotatable bonds is 4. The van der Waals surface area contributed by atoms with Gasteiger partial charge in [0.15, 0.2) is 0 Å². The van der Waals surface area contributed by atoms with Gasteiger partial charge in [-0.05, 0) is 62.1 Å². The Labute approximate surface area is 149 Å². The molecule has 0 aromatic heterocycles. The molecule has 0 unspecified atom stereocenters. The molecule has 3 aromatic carbocycles. The van der Waals surface area contributed by atoms with Crippen LogP contribution < -0.4 is 10.4 Å². The highest BCUT2D eigenvalue weighted by molar-refractivity contribution is 6.58. The topological polar surface area (TPSA) is 43.7 Å². The summed E-state index contributed by atoms with van der Waals surface area (Å²) in [6, 6.07) is 22.1. The largest absolute Gasteiger partial charge is 0.488 e. The van der Waals surface area contributed by atoms with Crippen molar-refractivity contribution in [1.29, 1.82) is 0 Å². The molecule has 3 nitrogen and oxygen atoms in total. The van der Waals surface area contributed by atoms with Crippen molar-refractivity contribution in [2.75, 3.05) is 4.90 Å². The first-order chi connectivity index (χ1) is 12.0. The summed E-state index contributed by atoms with van der Waals surface area (Å²) in [6.45, 7) is 6.27. The summed E-state index contributed by atoms with van der Waals surface area (Å²) in [6.07, 6.45) is 0. The van der Waals surface area contributed by atoms with Crippen LogP contribution in [0.25, 0.3) is 0 Å². The number of nitrogens with zero attached hydrogens (tertiary/aromatic N) is 1. The summed E-state index contributed by atoms with van der Waals surface area (Å²) >= 11 is 0. The molecule has 126 valence electrons. The molecule has 0 saturated heterocycles. The van der Waals surface area contributed by atoms with Crippen molar-refractivity contribution in [3.63, 3.8) is 0 Å². The number of anilines is 3. The molecular formula is C21H22BNO2. The van der Waals surface area contributed by atoms with Crippen molar-refractivity contribution in [1.82, 2.24) is 0 Å². The summed E-state index contributed by atoms with van der Waals surface area (Å²) in [7, 11) is -1.46. The second kappa shape index (κ2) is 7.13. The molecule has 0 fully saturated rings. The van der Waals surface area contributed by atoms with Gasteiger partial charge in [-0.2, -0.15) is 0 Å². The highest BCUT2D eigenvalue weighted by atomic mass is 16.4. The van der Waals surface area contributed by atoms with Gasteiger partial charge >= 0.3 is 7.12 Å². The van der Waals surface area contributed by atoms with Crippen LogP contribution in [0.15, 0.2) is 66.7 Å². The van der Waals surface area contributed by atoms with Gasteiger partial charge in [-0.3, -0.25) is 0 Å². The first-order valence-electron chi connectivity index (χ1n) is 8.36. The predicted octanol–water partition coefficient (Wildman–Crippen LogP) is 3.76. The van der Waals surface area contributed by atoms with Crippen molar-refractivity contribution in [3.8, 4) is 0 Å². The minimum Gasteiger partial charge on any atom is -0.423 e. The summed E-state index contributed by atoms with van der Waals surface area (Å²) in [5, 5.41) is 18.7. The standard InChI is InChI=1S/C21H22BNO2/c1-15-4-9-19(10-5-15)23(21-13-6-16(2)14-17(21)3)20-11-7-18(8-12-20)22(24)25/h4-14,24-25H,1-3H3. The molecule has 0 aliphatic carbocycles. The smallest absolute Gasteiger partial charge is 0.423 e. The molecule has 0 bridgehead atoms. The Kier molecular flexibility index (Phi) is 4.93. The SMILES string of the molecule is Cc1ccc(N(c2ccc(B(O)O)cc2)c2ccc(C)cc2C)cc1. The van der Waals surface area contributed by atoms with Crippen LogP contribution >= 0.6 is 0 Å². The van der Waals surface area contributed by atoms with E-state index < -0.39 is 7.12 Å². The molecule has 3 rings (SSSR count). The van der Waals surface area contributed by atoms with Crippen LogP contribution in [0, 0.1) is 20.8 Å². The van der Waals surface area contributed by atoms with Crippen molar-refractivity contribution < 1.29 is 10.0 Å². The summed E-state index contributed by atoms with van der Waals surface area (Å²) in [5.41, 5.74) is 7.24. The Bertz CT molecular complexity index is 858. The van der Waals surface area contributed by atoms with Gasteiger partial charge in [0.25, 0.3) is 0 Å². The zero-order valence-corrected chi connectivity index (χ0v) is 14.8. The first kappa shape index (κ1) is 17.3. The lowest BCUT2D eigenvalue weighted by Gasteiger charge is -2.27. The normalized spacial score (nSPS) is 10.6. The van der Waals surface area contributed by atoms with Gasteiger partial charge in [-0.1, -0.05) is 47.5 Å². The van der Waals surface area contributed by atoms with Gasteiger partial charge in [0.05, 0.1) is 0 Å². The summed E-state index contributed by atoms with van der Waals surface area (Å²) in [4.78, 5) is 2.18. The van der Waals surface area contributed by atoms with Crippen molar-refractivity contribution in [2.24, 2.45) is 0 Å². The van der Waals surface area contributed by atoms with Crippen LogP contribution in [0.2, 0.25) is 0 Å². The molecule has 25 heavy (non-hydrogen) atoms. The molecule has 0 radical (unpaired) electrons. The highest BCUT2D eigenvalue weighted by Crippen LogP contribution is 2.36. The van der Waals surface area contributed by atoms with Crippen molar-refractivity contribution in [3.05, 3.63) is 83.4 Å². The Balaban J connectivity index is 2.13. The number of hydrogen-bond donors (Lipinski definition) is 2. The fraction of sp³-hybridized carbons (Fsp3) is 0.143. The van der Waals surface area contributed by atoms with Gasteiger partial charge in [0.2, 0.25) is 0 Å². The van der Waals surface area contributed by atoms with Crippen LogP contribution in [-0.4, -0.2) is 17.2 Å². The molecular weight excluding hydrogens is 309 g/mol. The van der Waals surface area contributed by atoms with Crippen LogP contribution in [-0.2, 0) is 0 Å². The van der Waals surface area contributed by atoms with Crippen molar-refractivity contribution >= 4 is 29.6 Å². The zero-order chi connectivity index (χ0) is 18.0. The lowest BCUT2D eigenvalue weighted by Crippen LogP contribution is -2.29. The molecule has 2 N–H and O–H groups in total. The lowest BCUT2D eigenvalue weighted by atomic mass is 9.80. The predicted molar refractivity (Wildman–Crippen MR) is 105 cm³/mol. The molecule has 4 heteroatoms. The maximum Gasteiger partial charge on any atom is 0.488 e. The number of benzene rings is 3. The van der Waals surface area contributed by atoms with Gasteiger partial charge in [-0.25, -0.2) is 0 Å². The van der Waals surface area contributed by atoms with E-state index in [2.05, 4.69) is 68.1 Å². The fourth-order valence-electron chi connectivity index (χ4n) is 2.97. The first-order valence-corrected chi connectivity index (χ1v) is 8.36. The lowest BCUT2D eigenvalue weighted by molar-refractivity contribution is 0.426. The van der Waals surface area contributed by atoms with E-state index >= 15 is 0 Å². The highest BCUT2D eigenvalue weighted by Gasteiger charge is 2.16. The van der Waals surface area contributed by atoms with Crippen LogP contribution in [0.5, 0.6) is 0 Å². The fourth-order valence-corrected chi connectivity index (χ4v) is 2.97. The maximum absolute atomic E-state index is 9.33. The third kappa shape index (κ3) is 3.76. The summed E-state index contributed by atoms with van der Waals surface area (Å²) < 4.78 is 0. The third-order valence-electron chi connectivity index (χ3n) is 4.33. The molecule has 0 aliphatic rings. The third-order valence-corrected chi connectivity index (χ3v) is 4.33. The monoisotopic (exact) mass is 331 g/mol. The molecule has 0 heterocycles. The van der Waals surface area contributed by atoms with E-state index in [1.807, 2.05) is 12.1 Å². The second-order valence-electron chi connectivity index (χ2n) is 6.43.